The van der Waals surface area contributed by atoms with Crippen LogP contribution in [-0.2, 0) is 24.2 Å². The summed E-state index contributed by atoms with van der Waals surface area (Å²) in [6.45, 7) is 3.79. The molecular weight excluding hydrogens is 367 g/mol. The van der Waals surface area contributed by atoms with E-state index in [0.29, 0.717) is 25.3 Å². The molecule has 0 spiro atoms. The average Bonchev–Trinajstić information content (AvgIpc) is 3.15. The molecular formula is C20H23FN2O3S. The lowest BCUT2D eigenvalue weighted by Gasteiger charge is -2.35. The molecule has 0 unspecified atom stereocenters. The molecule has 1 aromatic carbocycles. The number of rotatable bonds is 4. The van der Waals surface area contributed by atoms with Gasteiger partial charge in [0.15, 0.2) is 6.79 Å². The van der Waals surface area contributed by atoms with E-state index >= 15 is 0 Å². The first-order valence-electron chi connectivity index (χ1n) is 9.30. The summed E-state index contributed by atoms with van der Waals surface area (Å²) in [5.41, 5.74) is 2.76. The van der Waals surface area contributed by atoms with Gasteiger partial charge in [-0.2, -0.15) is 0 Å². The molecule has 1 atom stereocenters. The van der Waals surface area contributed by atoms with Gasteiger partial charge in [-0.15, -0.1) is 11.3 Å². The Morgan fingerprint density at radius 2 is 2.33 bits per heavy atom. The van der Waals surface area contributed by atoms with Crippen LogP contribution >= 0.6 is 11.3 Å². The van der Waals surface area contributed by atoms with Crippen molar-refractivity contribution in [3.63, 3.8) is 0 Å². The number of carbonyl (C=O) groups is 1. The van der Waals surface area contributed by atoms with E-state index in [-0.39, 0.29) is 24.7 Å². The molecule has 144 valence electrons. The second kappa shape index (κ2) is 7.86. The fourth-order valence-corrected chi connectivity index (χ4v) is 4.86. The highest BCUT2D eigenvalue weighted by atomic mass is 32.1. The Labute approximate surface area is 162 Å². The number of fused-ring (bicyclic) bond motifs is 2. The van der Waals surface area contributed by atoms with E-state index in [2.05, 4.69) is 23.7 Å². The summed E-state index contributed by atoms with van der Waals surface area (Å²) < 4.78 is 24.6. The van der Waals surface area contributed by atoms with E-state index in [0.717, 1.165) is 30.5 Å². The monoisotopic (exact) mass is 390 g/mol. The van der Waals surface area contributed by atoms with E-state index in [4.69, 9.17) is 9.47 Å². The first-order chi connectivity index (χ1) is 13.2. The first kappa shape index (κ1) is 18.3. The number of amides is 2. The van der Waals surface area contributed by atoms with Crippen LogP contribution in [0.5, 0.6) is 5.75 Å². The van der Waals surface area contributed by atoms with E-state index in [1.165, 1.54) is 22.6 Å². The molecule has 0 fully saturated rings. The van der Waals surface area contributed by atoms with Crippen LogP contribution in [0.15, 0.2) is 23.6 Å². The highest BCUT2D eigenvalue weighted by molar-refractivity contribution is 7.10. The number of hydrogen-bond acceptors (Lipinski definition) is 4. The molecule has 4 rings (SSSR count). The summed E-state index contributed by atoms with van der Waals surface area (Å²) in [6.07, 6.45) is 2.31. The third-order valence-electron chi connectivity index (χ3n) is 5.16. The summed E-state index contributed by atoms with van der Waals surface area (Å²) in [5, 5.41) is 5.10. The molecule has 0 radical (unpaired) electrons. The molecule has 7 heteroatoms. The van der Waals surface area contributed by atoms with Gasteiger partial charge < -0.3 is 19.7 Å². The van der Waals surface area contributed by atoms with Gasteiger partial charge in [0.05, 0.1) is 12.6 Å². The van der Waals surface area contributed by atoms with Crippen molar-refractivity contribution in [3.05, 3.63) is 51.0 Å². The van der Waals surface area contributed by atoms with Crippen LogP contribution < -0.4 is 10.1 Å². The summed E-state index contributed by atoms with van der Waals surface area (Å²) in [7, 11) is 0. The van der Waals surface area contributed by atoms with Gasteiger partial charge in [0, 0.05) is 23.5 Å². The van der Waals surface area contributed by atoms with Gasteiger partial charge in [0.1, 0.15) is 11.6 Å². The highest BCUT2D eigenvalue weighted by Crippen LogP contribution is 2.35. The molecule has 1 N–H and O–H groups in total. The van der Waals surface area contributed by atoms with Crippen molar-refractivity contribution in [2.45, 2.75) is 38.8 Å². The Hall–Kier alpha value is -2.12. The normalized spacial score (nSPS) is 18.4. The summed E-state index contributed by atoms with van der Waals surface area (Å²) in [5.74, 6) is 0.375. The van der Waals surface area contributed by atoms with Crippen LogP contribution in [0.2, 0.25) is 0 Å². The van der Waals surface area contributed by atoms with Crippen molar-refractivity contribution in [3.8, 4) is 5.75 Å². The molecule has 2 aliphatic rings. The molecule has 2 aromatic rings. The topological polar surface area (TPSA) is 50.8 Å². The van der Waals surface area contributed by atoms with E-state index in [1.54, 1.807) is 11.3 Å². The number of thiophene rings is 1. The second-order valence-electron chi connectivity index (χ2n) is 6.81. The third-order valence-corrected chi connectivity index (χ3v) is 6.16. The predicted octanol–water partition coefficient (Wildman–Crippen LogP) is 4.02. The van der Waals surface area contributed by atoms with Crippen LogP contribution in [0.3, 0.4) is 0 Å². The molecule has 5 nitrogen and oxygen atoms in total. The SMILES string of the molecule is CC[C@@H]1c2ccsc2CCN1C(=O)NCCc1cc(F)cc2c1OCOC2. The molecule has 0 aliphatic carbocycles. The second-order valence-corrected chi connectivity index (χ2v) is 7.81. The van der Waals surface area contributed by atoms with Crippen molar-refractivity contribution >= 4 is 17.4 Å². The number of urea groups is 1. The van der Waals surface area contributed by atoms with Gasteiger partial charge in [-0.05, 0) is 54.0 Å². The molecule has 1 aromatic heterocycles. The molecule has 0 saturated heterocycles. The Kier molecular flexibility index (Phi) is 5.31. The highest BCUT2D eigenvalue weighted by Gasteiger charge is 2.30. The summed E-state index contributed by atoms with van der Waals surface area (Å²) in [4.78, 5) is 16.0. The minimum absolute atomic E-state index is 0.0618. The zero-order valence-electron chi connectivity index (χ0n) is 15.3. The molecule has 2 aliphatic heterocycles. The lowest BCUT2D eigenvalue weighted by molar-refractivity contribution is -0.0172. The molecule has 3 heterocycles. The van der Waals surface area contributed by atoms with Crippen LogP contribution in [0, 0.1) is 5.82 Å². The zero-order valence-corrected chi connectivity index (χ0v) is 16.1. The van der Waals surface area contributed by atoms with Crippen molar-refractivity contribution in [2.75, 3.05) is 19.9 Å². The van der Waals surface area contributed by atoms with Crippen molar-refractivity contribution in [2.24, 2.45) is 0 Å². The first-order valence-corrected chi connectivity index (χ1v) is 10.2. The number of nitrogens with one attached hydrogen (secondary N) is 1. The van der Waals surface area contributed by atoms with E-state index < -0.39 is 0 Å². The van der Waals surface area contributed by atoms with Crippen LogP contribution in [0.25, 0.3) is 0 Å². The Balaban J connectivity index is 1.40. The Bertz CT molecular complexity index is 839. The van der Waals surface area contributed by atoms with Crippen molar-refractivity contribution in [1.29, 1.82) is 0 Å². The molecule has 0 saturated carbocycles. The number of nitrogens with zero attached hydrogens (tertiary/aromatic N) is 1. The van der Waals surface area contributed by atoms with E-state index in [1.807, 2.05) is 4.90 Å². The fraction of sp³-hybridized carbons (Fsp3) is 0.450. The Morgan fingerprint density at radius 3 is 3.19 bits per heavy atom. The molecule has 27 heavy (non-hydrogen) atoms. The van der Waals surface area contributed by atoms with Gasteiger partial charge in [-0.3, -0.25) is 0 Å². The van der Waals surface area contributed by atoms with Crippen LogP contribution in [0.4, 0.5) is 9.18 Å². The zero-order chi connectivity index (χ0) is 18.8. The number of benzene rings is 1. The van der Waals surface area contributed by atoms with Gasteiger partial charge >= 0.3 is 6.03 Å². The van der Waals surface area contributed by atoms with Gasteiger partial charge in [0.2, 0.25) is 0 Å². The number of carbonyl (C=O) groups excluding carboxylic acids is 1. The lowest BCUT2D eigenvalue weighted by Crippen LogP contribution is -2.45. The maximum absolute atomic E-state index is 13.8. The van der Waals surface area contributed by atoms with Gasteiger partial charge in [-0.1, -0.05) is 6.92 Å². The van der Waals surface area contributed by atoms with Crippen LogP contribution in [0.1, 0.15) is 41.0 Å². The van der Waals surface area contributed by atoms with Gasteiger partial charge in [-0.25, -0.2) is 9.18 Å². The van der Waals surface area contributed by atoms with E-state index in [9.17, 15) is 9.18 Å². The largest absolute Gasteiger partial charge is 0.467 e. The third kappa shape index (κ3) is 3.66. The number of halogens is 1. The summed E-state index contributed by atoms with van der Waals surface area (Å²) in [6, 6.07) is 5.11. The fourth-order valence-electron chi connectivity index (χ4n) is 3.93. The summed E-state index contributed by atoms with van der Waals surface area (Å²) >= 11 is 1.77. The standard InChI is InChI=1S/C20H23FN2O3S/c1-2-17-16-5-8-27-18(16)4-7-23(17)20(24)22-6-3-13-9-15(21)10-14-11-25-12-26-19(13)14/h5,8-10,17H,2-4,6-7,11-12H2,1H3,(H,22,24)/t17-/m1/s1. The average molecular weight is 390 g/mol. The van der Waals surface area contributed by atoms with Crippen LogP contribution in [-0.4, -0.2) is 30.8 Å². The lowest BCUT2D eigenvalue weighted by atomic mass is 9.98. The number of hydrogen-bond donors (Lipinski definition) is 1. The molecule has 0 bridgehead atoms. The Morgan fingerprint density at radius 1 is 1.44 bits per heavy atom. The smallest absolute Gasteiger partial charge is 0.317 e. The maximum Gasteiger partial charge on any atom is 0.317 e. The van der Waals surface area contributed by atoms with Crippen molar-refractivity contribution < 1.29 is 18.7 Å². The minimum atomic E-state index is -0.309. The minimum Gasteiger partial charge on any atom is -0.467 e. The predicted molar refractivity (Wildman–Crippen MR) is 102 cm³/mol. The molecule has 2 amide bonds. The maximum atomic E-state index is 13.8. The van der Waals surface area contributed by atoms with Gasteiger partial charge in [0.25, 0.3) is 0 Å². The number of ether oxygens (including phenoxy) is 2. The quantitative estimate of drug-likeness (QED) is 0.858. The van der Waals surface area contributed by atoms with Crippen molar-refractivity contribution in [1.82, 2.24) is 10.2 Å².